The van der Waals surface area contributed by atoms with E-state index in [1.165, 1.54) is 0 Å². The molecule has 8 N–H and O–H groups in total. The fourth-order valence-electron chi connectivity index (χ4n) is 2.45. The molecule has 0 fully saturated rings. The molecule has 4 atom stereocenters. The van der Waals surface area contributed by atoms with E-state index >= 15 is 0 Å². The third kappa shape index (κ3) is 9.44. The van der Waals surface area contributed by atoms with Gasteiger partial charge in [0.15, 0.2) is 0 Å². The van der Waals surface area contributed by atoms with Gasteiger partial charge < -0.3 is 32.5 Å². The van der Waals surface area contributed by atoms with Gasteiger partial charge in [-0.15, -0.1) is 0 Å². The largest absolute Gasteiger partial charge is 0.480 e. The van der Waals surface area contributed by atoms with Crippen molar-refractivity contribution in [2.75, 3.05) is 5.75 Å². The zero-order valence-corrected chi connectivity index (χ0v) is 18.6. The highest BCUT2D eigenvalue weighted by molar-refractivity contribution is 7.80. The Morgan fingerprint density at radius 3 is 1.67 bits per heavy atom. The lowest BCUT2D eigenvalue weighted by atomic mass is 9.99. The number of amides is 4. The quantitative estimate of drug-likeness (QED) is 0.164. The van der Waals surface area contributed by atoms with Gasteiger partial charge >= 0.3 is 5.97 Å². The minimum Gasteiger partial charge on any atom is -0.480 e. The number of hydrogen-bond donors (Lipinski definition) is 7. The number of rotatable bonds is 13. The minimum absolute atomic E-state index is 0.0327. The topological polar surface area (TPSA) is 194 Å². The fraction of sp³-hybridized carbons (Fsp3) is 0.722. The van der Waals surface area contributed by atoms with Crippen LogP contribution in [-0.2, 0) is 24.0 Å². The van der Waals surface area contributed by atoms with Crippen molar-refractivity contribution in [3.63, 3.8) is 0 Å². The van der Waals surface area contributed by atoms with Gasteiger partial charge in [0.25, 0.3) is 0 Å². The predicted octanol–water partition coefficient (Wildman–Crippen LogP) is -1.64. The normalized spacial score (nSPS) is 15.1. The third-order valence-corrected chi connectivity index (χ3v) is 4.69. The molecule has 0 aliphatic heterocycles. The molecule has 12 heteroatoms. The van der Waals surface area contributed by atoms with Crippen LogP contribution in [0.25, 0.3) is 0 Å². The molecule has 0 aliphatic carbocycles. The molecule has 0 saturated carbocycles. The average Bonchev–Trinajstić information content (AvgIpc) is 2.64. The number of hydrogen-bond acceptors (Lipinski definition) is 7. The Morgan fingerprint density at radius 1 is 0.867 bits per heavy atom. The maximum atomic E-state index is 12.8. The van der Waals surface area contributed by atoms with E-state index in [4.69, 9.17) is 16.6 Å². The molecule has 0 aromatic carbocycles. The first kappa shape index (κ1) is 27.7. The Morgan fingerprint density at radius 2 is 1.30 bits per heavy atom. The van der Waals surface area contributed by atoms with Crippen molar-refractivity contribution in [3.05, 3.63) is 0 Å². The minimum atomic E-state index is -1.25. The maximum Gasteiger partial charge on any atom is 0.327 e. The Hall–Kier alpha value is -2.34. The third-order valence-electron chi connectivity index (χ3n) is 4.33. The predicted molar refractivity (Wildman–Crippen MR) is 113 cm³/mol. The van der Waals surface area contributed by atoms with Crippen LogP contribution in [0.5, 0.6) is 0 Å². The molecule has 0 rings (SSSR count). The van der Waals surface area contributed by atoms with Gasteiger partial charge in [0.2, 0.25) is 23.6 Å². The average molecular weight is 448 g/mol. The second-order valence-corrected chi connectivity index (χ2v) is 8.02. The molecule has 0 bridgehead atoms. The number of carboxylic acids is 1. The lowest BCUT2D eigenvalue weighted by Gasteiger charge is -2.28. The molecule has 0 aromatic heterocycles. The molecule has 0 saturated heterocycles. The van der Waals surface area contributed by atoms with Crippen molar-refractivity contribution < 1.29 is 29.1 Å². The van der Waals surface area contributed by atoms with Crippen molar-refractivity contribution in [3.8, 4) is 0 Å². The first-order valence-corrected chi connectivity index (χ1v) is 10.2. The summed E-state index contributed by atoms with van der Waals surface area (Å²) in [4.78, 5) is 59.5. The highest BCUT2D eigenvalue weighted by atomic mass is 32.1. The smallest absolute Gasteiger partial charge is 0.327 e. The van der Waals surface area contributed by atoms with Gasteiger partial charge in [-0.1, -0.05) is 27.7 Å². The Labute approximate surface area is 181 Å². The first-order chi connectivity index (χ1) is 13.8. The molecule has 0 unspecified atom stereocenters. The van der Waals surface area contributed by atoms with Gasteiger partial charge in [-0.3, -0.25) is 19.2 Å². The van der Waals surface area contributed by atoms with Crippen LogP contribution in [0.2, 0.25) is 0 Å². The van der Waals surface area contributed by atoms with E-state index in [1.807, 2.05) is 0 Å². The highest BCUT2D eigenvalue weighted by Gasteiger charge is 2.32. The molecule has 0 heterocycles. The van der Waals surface area contributed by atoms with Gasteiger partial charge in [0.1, 0.15) is 18.1 Å². The van der Waals surface area contributed by atoms with Crippen molar-refractivity contribution in [2.45, 2.75) is 64.7 Å². The summed E-state index contributed by atoms with van der Waals surface area (Å²) in [5.41, 5.74) is 10.8. The van der Waals surface area contributed by atoms with E-state index in [0.717, 1.165) is 0 Å². The number of carboxylic acid groups (broad SMARTS) is 1. The molecule has 172 valence electrons. The Kier molecular flexibility index (Phi) is 12.0. The van der Waals surface area contributed by atoms with Crippen LogP contribution in [0.3, 0.4) is 0 Å². The van der Waals surface area contributed by atoms with Crippen molar-refractivity contribution >= 4 is 42.2 Å². The number of carbonyl (C=O) groups is 5. The first-order valence-electron chi connectivity index (χ1n) is 9.60. The number of aliphatic carboxylic acids is 1. The highest BCUT2D eigenvalue weighted by Crippen LogP contribution is 2.08. The Bertz CT molecular complexity index is 643. The number of nitrogens with two attached hydrogens (primary N) is 2. The zero-order chi connectivity index (χ0) is 23.6. The molecule has 4 amide bonds. The molecular weight excluding hydrogens is 414 g/mol. The van der Waals surface area contributed by atoms with Gasteiger partial charge in [-0.05, 0) is 18.3 Å². The van der Waals surface area contributed by atoms with E-state index in [1.54, 1.807) is 27.7 Å². The number of primary amides is 1. The van der Waals surface area contributed by atoms with Crippen molar-refractivity contribution in [1.29, 1.82) is 0 Å². The SMILES string of the molecule is CC(C)[C@H](NC(=O)[C@@H](NC(=O)[C@@H](N)CCC(N)=O)C(C)C)C(=O)N[C@@H](CS)C(=O)O. The van der Waals surface area contributed by atoms with Crippen molar-refractivity contribution in [1.82, 2.24) is 16.0 Å². The van der Waals surface area contributed by atoms with Crippen LogP contribution in [0.4, 0.5) is 0 Å². The second-order valence-electron chi connectivity index (χ2n) is 7.65. The number of nitrogens with one attached hydrogen (secondary N) is 3. The summed E-state index contributed by atoms with van der Waals surface area (Å²) in [5.74, 6) is -4.57. The van der Waals surface area contributed by atoms with E-state index in [9.17, 15) is 24.0 Å². The van der Waals surface area contributed by atoms with Crippen LogP contribution in [0.15, 0.2) is 0 Å². The molecule has 0 aromatic rings. The van der Waals surface area contributed by atoms with Crippen molar-refractivity contribution in [2.24, 2.45) is 23.3 Å². The summed E-state index contributed by atoms with van der Waals surface area (Å²) in [6.45, 7) is 6.77. The standard InChI is InChI=1S/C18H33N5O6S/c1-8(2)13(16(26)21-11(7-30)18(28)29)23-17(27)14(9(3)4)22-15(25)10(19)5-6-12(20)24/h8-11,13-14,30H,5-7,19H2,1-4H3,(H2,20,24)(H,21,26)(H,22,25)(H,23,27)(H,28,29)/t10-,11-,13-,14-/m0/s1. The van der Waals surface area contributed by atoms with Gasteiger partial charge in [0, 0.05) is 12.2 Å². The van der Waals surface area contributed by atoms with Gasteiger partial charge in [-0.25, -0.2) is 4.79 Å². The summed E-state index contributed by atoms with van der Waals surface area (Å²) >= 11 is 3.89. The van der Waals surface area contributed by atoms with E-state index in [-0.39, 0.29) is 30.4 Å². The monoisotopic (exact) mass is 447 g/mol. The molecular formula is C18H33N5O6S. The Balaban J connectivity index is 5.23. The van der Waals surface area contributed by atoms with E-state index < -0.39 is 53.8 Å². The lowest BCUT2D eigenvalue weighted by molar-refractivity contribution is -0.142. The molecule has 30 heavy (non-hydrogen) atoms. The van der Waals surface area contributed by atoms with Crippen LogP contribution in [0.1, 0.15) is 40.5 Å². The van der Waals surface area contributed by atoms with Crippen LogP contribution in [-0.4, -0.2) is 64.6 Å². The summed E-state index contributed by atoms with van der Waals surface area (Å²) in [6, 6.07) is -4.25. The summed E-state index contributed by atoms with van der Waals surface area (Å²) in [7, 11) is 0. The molecule has 0 spiro atoms. The summed E-state index contributed by atoms with van der Waals surface area (Å²) in [5, 5.41) is 16.5. The van der Waals surface area contributed by atoms with Crippen LogP contribution >= 0.6 is 12.6 Å². The maximum absolute atomic E-state index is 12.8. The van der Waals surface area contributed by atoms with Crippen LogP contribution in [0, 0.1) is 11.8 Å². The van der Waals surface area contributed by atoms with Gasteiger partial charge in [0.05, 0.1) is 6.04 Å². The number of carbonyl (C=O) groups excluding carboxylic acids is 4. The fourth-order valence-corrected chi connectivity index (χ4v) is 2.70. The summed E-state index contributed by atoms with van der Waals surface area (Å²) in [6.07, 6.45) is -0.0382. The molecule has 0 aliphatic rings. The number of thiol groups is 1. The molecule has 11 nitrogen and oxygen atoms in total. The van der Waals surface area contributed by atoms with E-state index in [2.05, 4.69) is 28.6 Å². The summed E-state index contributed by atoms with van der Waals surface area (Å²) < 4.78 is 0. The lowest BCUT2D eigenvalue weighted by Crippen LogP contribution is -2.59. The van der Waals surface area contributed by atoms with E-state index in [0.29, 0.717) is 0 Å². The second kappa shape index (κ2) is 13.1. The zero-order valence-electron chi connectivity index (χ0n) is 17.7. The molecule has 0 radical (unpaired) electrons. The van der Waals surface area contributed by atoms with Crippen LogP contribution < -0.4 is 27.4 Å². The van der Waals surface area contributed by atoms with Gasteiger partial charge in [-0.2, -0.15) is 12.6 Å².